The number of carboxylic acid groups (broad SMARTS) is 1. The maximum absolute atomic E-state index is 12.7. The Morgan fingerprint density at radius 2 is 1.81 bits per heavy atom. The van der Waals surface area contributed by atoms with E-state index in [2.05, 4.69) is 15.5 Å². The van der Waals surface area contributed by atoms with Crippen LogP contribution in [0, 0.1) is 0 Å². The minimum Gasteiger partial charge on any atom is -0.481 e. The van der Waals surface area contributed by atoms with Gasteiger partial charge in [0.15, 0.2) is 0 Å². The second-order valence-electron chi connectivity index (χ2n) is 6.81. The van der Waals surface area contributed by atoms with Crippen molar-refractivity contribution in [2.75, 3.05) is 26.2 Å². The van der Waals surface area contributed by atoms with Crippen molar-refractivity contribution in [3.8, 4) is 0 Å². The second kappa shape index (κ2) is 6.32. The van der Waals surface area contributed by atoms with E-state index >= 15 is 0 Å². The van der Waals surface area contributed by atoms with Crippen LogP contribution in [0.3, 0.4) is 0 Å². The molecule has 2 aliphatic rings. The molecule has 0 spiro atoms. The fraction of sp³-hybridized carbons (Fsp3) is 0.867. The molecule has 0 unspecified atom stereocenters. The third-order valence-electron chi connectivity index (χ3n) is 4.89. The van der Waals surface area contributed by atoms with Gasteiger partial charge >= 0.3 is 5.97 Å². The lowest BCUT2D eigenvalue weighted by Crippen LogP contribution is -2.63. The molecule has 0 bridgehead atoms. The van der Waals surface area contributed by atoms with Gasteiger partial charge < -0.3 is 15.7 Å². The number of piperazine rings is 1. The Morgan fingerprint density at radius 3 is 2.33 bits per heavy atom. The third-order valence-corrected chi connectivity index (χ3v) is 4.89. The van der Waals surface area contributed by atoms with Crippen molar-refractivity contribution < 1.29 is 14.7 Å². The van der Waals surface area contributed by atoms with E-state index in [1.165, 1.54) is 0 Å². The van der Waals surface area contributed by atoms with E-state index in [9.17, 15) is 9.59 Å². The van der Waals surface area contributed by atoms with Crippen molar-refractivity contribution in [3.63, 3.8) is 0 Å². The van der Waals surface area contributed by atoms with Crippen molar-refractivity contribution in [2.45, 2.75) is 57.0 Å². The molecule has 2 fully saturated rings. The predicted molar refractivity (Wildman–Crippen MR) is 80.1 cm³/mol. The number of hydrogen-bond donors (Lipinski definition) is 3. The first kappa shape index (κ1) is 16.2. The molecule has 21 heavy (non-hydrogen) atoms. The maximum Gasteiger partial charge on any atom is 0.305 e. The molecular formula is C15H27N3O3. The van der Waals surface area contributed by atoms with Crippen LogP contribution in [0.15, 0.2) is 0 Å². The van der Waals surface area contributed by atoms with Crippen LogP contribution in [-0.4, -0.2) is 59.1 Å². The van der Waals surface area contributed by atoms with Gasteiger partial charge in [0.05, 0.1) is 17.5 Å². The SMILES string of the molecule is CC(C)(C(=O)NC1(CC(=O)O)CCCC1)N1CCNCC1. The average molecular weight is 297 g/mol. The zero-order chi connectivity index (χ0) is 15.5. The smallest absolute Gasteiger partial charge is 0.305 e. The second-order valence-corrected chi connectivity index (χ2v) is 6.81. The highest BCUT2D eigenvalue weighted by Crippen LogP contribution is 2.33. The molecule has 0 radical (unpaired) electrons. The van der Waals surface area contributed by atoms with Crippen LogP contribution in [0.25, 0.3) is 0 Å². The van der Waals surface area contributed by atoms with Gasteiger partial charge in [-0.2, -0.15) is 0 Å². The lowest BCUT2D eigenvalue weighted by molar-refractivity contribution is -0.140. The van der Waals surface area contributed by atoms with Crippen molar-refractivity contribution >= 4 is 11.9 Å². The molecule has 0 atom stereocenters. The Hall–Kier alpha value is -1.14. The van der Waals surface area contributed by atoms with Crippen molar-refractivity contribution in [3.05, 3.63) is 0 Å². The topological polar surface area (TPSA) is 81.7 Å². The first-order valence-electron chi connectivity index (χ1n) is 7.86. The summed E-state index contributed by atoms with van der Waals surface area (Å²) in [7, 11) is 0. The van der Waals surface area contributed by atoms with Gasteiger partial charge in [0.25, 0.3) is 0 Å². The lowest BCUT2D eigenvalue weighted by Gasteiger charge is -2.42. The number of rotatable bonds is 5. The first-order chi connectivity index (χ1) is 9.86. The van der Waals surface area contributed by atoms with Gasteiger partial charge in [-0.3, -0.25) is 14.5 Å². The third kappa shape index (κ3) is 3.74. The van der Waals surface area contributed by atoms with Crippen LogP contribution < -0.4 is 10.6 Å². The van der Waals surface area contributed by atoms with E-state index < -0.39 is 17.0 Å². The summed E-state index contributed by atoms with van der Waals surface area (Å²) < 4.78 is 0. The zero-order valence-electron chi connectivity index (χ0n) is 13.1. The summed E-state index contributed by atoms with van der Waals surface area (Å²) in [5, 5.41) is 15.5. The normalized spacial score (nSPS) is 23.0. The molecule has 1 aliphatic heterocycles. The summed E-state index contributed by atoms with van der Waals surface area (Å²) in [5.41, 5.74) is -1.15. The summed E-state index contributed by atoms with van der Waals surface area (Å²) in [6, 6.07) is 0. The number of carboxylic acids is 1. The summed E-state index contributed by atoms with van der Waals surface area (Å²) in [4.78, 5) is 26.0. The van der Waals surface area contributed by atoms with Gasteiger partial charge in [0.1, 0.15) is 0 Å². The molecule has 1 aliphatic carbocycles. The van der Waals surface area contributed by atoms with Crippen molar-refractivity contribution in [1.29, 1.82) is 0 Å². The van der Waals surface area contributed by atoms with E-state index in [4.69, 9.17) is 5.11 Å². The van der Waals surface area contributed by atoms with Gasteiger partial charge in [0, 0.05) is 26.2 Å². The summed E-state index contributed by atoms with van der Waals surface area (Å²) in [5.74, 6) is -0.885. The number of aliphatic carboxylic acids is 1. The number of carbonyl (C=O) groups excluding carboxylic acids is 1. The minimum absolute atomic E-state index is 0.0242. The first-order valence-corrected chi connectivity index (χ1v) is 7.86. The number of hydrogen-bond acceptors (Lipinski definition) is 4. The van der Waals surface area contributed by atoms with E-state index in [0.29, 0.717) is 0 Å². The Bertz CT molecular complexity index is 397. The fourth-order valence-electron chi connectivity index (χ4n) is 3.45. The number of nitrogens with zero attached hydrogens (tertiary/aromatic N) is 1. The predicted octanol–water partition coefficient (Wildman–Crippen LogP) is 0.574. The highest BCUT2D eigenvalue weighted by molar-refractivity contribution is 5.86. The van der Waals surface area contributed by atoms with Gasteiger partial charge in [-0.05, 0) is 26.7 Å². The quantitative estimate of drug-likeness (QED) is 0.691. The van der Waals surface area contributed by atoms with Crippen LogP contribution in [-0.2, 0) is 9.59 Å². The largest absolute Gasteiger partial charge is 0.481 e. The zero-order valence-corrected chi connectivity index (χ0v) is 13.1. The van der Waals surface area contributed by atoms with Gasteiger partial charge in [0.2, 0.25) is 5.91 Å². The summed E-state index contributed by atoms with van der Waals surface area (Å²) in [6.07, 6.45) is 3.53. The van der Waals surface area contributed by atoms with Crippen LogP contribution in [0.2, 0.25) is 0 Å². The van der Waals surface area contributed by atoms with Crippen LogP contribution in [0.1, 0.15) is 46.0 Å². The summed E-state index contributed by atoms with van der Waals surface area (Å²) in [6.45, 7) is 7.31. The molecule has 1 amide bonds. The fourth-order valence-corrected chi connectivity index (χ4v) is 3.45. The molecule has 6 heteroatoms. The molecule has 1 heterocycles. The Morgan fingerprint density at radius 1 is 1.24 bits per heavy atom. The van der Waals surface area contributed by atoms with Gasteiger partial charge in [-0.1, -0.05) is 12.8 Å². The molecule has 0 aromatic carbocycles. The molecule has 1 saturated heterocycles. The van der Waals surface area contributed by atoms with Gasteiger partial charge in [-0.15, -0.1) is 0 Å². The molecule has 2 rings (SSSR count). The Kier molecular flexibility index (Phi) is 4.88. The van der Waals surface area contributed by atoms with Crippen molar-refractivity contribution in [2.24, 2.45) is 0 Å². The van der Waals surface area contributed by atoms with E-state index in [1.807, 2.05) is 13.8 Å². The molecule has 6 nitrogen and oxygen atoms in total. The minimum atomic E-state index is -0.836. The molecule has 0 aromatic rings. The van der Waals surface area contributed by atoms with E-state index in [1.54, 1.807) is 0 Å². The number of amides is 1. The van der Waals surface area contributed by atoms with Crippen LogP contribution in [0.5, 0.6) is 0 Å². The van der Waals surface area contributed by atoms with Crippen LogP contribution >= 0.6 is 0 Å². The molecule has 0 aromatic heterocycles. The molecule has 3 N–H and O–H groups in total. The maximum atomic E-state index is 12.7. The highest BCUT2D eigenvalue weighted by Gasteiger charge is 2.42. The molecule has 120 valence electrons. The standard InChI is InChI=1S/C15H27N3O3/c1-14(2,18-9-7-16-8-10-18)13(21)17-15(11-12(19)20)5-3-4-6-15/h16H,3-11H2,1-2H3,(H,17,21)(H,19,20). The van der Waals surface area contributed by atoms with Gasteiger partial charge in [-0.25, -0.2) is 0 Å². The number of nitrogens with one attached hydrogen (secondary N) is 2. The highest BCUT2D eigenvalue weighted by atomic mass is 16.4. The number of carbonyl (C=O) groups is 2. The van der Waals surface area contributed by atoms with Crippen LogP contribution in [0.4, 0.5) is 0 Å². The molecule has 1 saturated carbocycles. The monoisotopic (exact) mass is 297 g/mol. The molecular weight excluding hydrogens is 270 g/mol. The average Bonchev–Trinajstić information content (AvgIpc) is 2.87. The van der Waals surface area contributed by atoms with Crippen molar-refractivity contribution in [1.82, 2.24) is 15.5 Å². The Balaban J connectivity index is 2.05. The van der Waals surface area contributed by atoms with E-state index in [0.717, 1.165) is 51.9 Å². The Labute approximate surface area is 126 Å². The lowest BCUT2D eigenvalue weighted by atomic mass is 9.90. The summed E-state index contributed by atoms with van der Waals surface area (Å²) >= 11 is 0. The van der Waals surface area contributed by atoms with E-state index in [-0.39, 0.29) is 12.3 Å².